The number of carbonyl (C=O) groups excluding carboxylic acids is 2. The standard InChI is InChI=1S/C25H29NO6/c1-4-6-13-26-22(17-9-12-20(31-3)19(27)15-17)21(24(29)25(26)30)23(28)16-7-10-18(11-8-16)32-14-5-2/h7-12,15,22,27-28H,4-6,13-14H2,1-3H3/b23-21-. The van der Waals surface area contributed by atoms with Gasteiger partial charge >= 0.3 is 0 Å². The Kier molecular flexibility index (Phi) is 7.41. The van der Waals surface area contributed by atoms with Crippen LogP contribution in [0.15, 0.2) is 48.0 Å². The molecule has 170 valence electrons. The summed E-state index contributed by atoms with van der Waals surface area (Å²) in [6.07, 6.45) is 2.41. The summed E-state index contributed by atoms with van der Waals surface area (Å²) < 4.78 is 10.7. The number of nitrogens with zero attached hydrogens (tertiary/aromatic N) is 1. The molecule has 3 rings (SSSR count). The number of aromatic hydroxyl groups is 1. The maximum absolute atomic E-state index is 13.0. The second-order valence-electron chi connectivity index (χ2n) is 7.65. The molecule has 2 N–H and O–H groups in total. The van der Waals surface area contributed by atoms with Gasteiger partial charge in [0.05, 0.1) is 25.3 Å². The number of ether oxygens (including phenoxy) is 2. The van der Waals surface area contributed by atoms with Crippen molar-refractivity contribution in [1.82, 2.24) is 4.90 Å². The van der Waals surface area contributed by atoms with Crippen LogP contribution in [0.25, 0.3) is 5.76 Å². The maximum Gasteiger partial charge on any atom is 0.295 e. The van der Waals surface area contributed by atoms with Crippen molar-refractivity contribution in [3.63, 3.8) is 0 Å². The zero-order valence-electron chi connectivity index (χ0n) is 18.6. The van der Waals surface area contributed by atoms with Crippen molar-refractivity contribution in [2.45, 2.75) is 39.2 Å². The van der Waals surface area contributed by atoms with Gasteiger partial charge < -0.3 is 24.6 Å². The van der Waals surface area contributed by atoms with Crippen molar-refractivity contribution in [1.29, 1.82) is 0 Å². The van der Waals surface area contributed by atoms with Gasteiger partial charge in [0, 0.05) is 12.1 Å². The summed E-state index contributed by atoms with van der Waals surface area (Å²) in [6.45, 7) is 4.94. The molecule has 0 saturated carbocycles. The molecule has 7 heteroatoms. The highest BCUT2D eigenvalue weighted by atomic mass is 16.5. The van der Waals surface area contributed by atoms with Gasteiger partial charge in [-0.15, -0.1) is 0 Å². The normalized spacial score (nSPS) is 17.6. The third-order valence-corrected chi connectivity index (χ3v) is 5.41. The van der Waals surface area contributed by atoms with E-state index < -0.39 is 17.7 Å². The lowest BCUT2D eigenvalue weighted by Gasteiger charge is -2.25. The van der Waals surface area contributed by atoms with Crippen LogP contribution in [0.4, 0.5) is 0 Å². The minimum atomic E-state index is -0.811. The van der Waals surface area contributed by atoms with Crippen LogP contribution in [0.2, 0.25) is 0 Å². The first kappa shape index (κ1) is 23.2. The molecule has 2 aromatic carbocycles. The number of carbonyl (C=O) groups is 2. The van der Waals surface area contributed by atoms with Crippen molar-refractivity contribution < 1.29 is 29.3 Å². The van der Waals surface area contributed by atoms with Gasteiger partial charge in [0.1, 0.15) is 11.5 Å². The summed E-state index contributed by atoms with van der Waals surface area (Å²) in [7, 11) is 1.44. The molecule has 1 fully saturated rings. The van der Waals surface area contributed by atoms with Gasteiger partial charge in [0.2, 0.25) is 0 Å². The number of amides is 1. The summed E-state index contributed by atoms with van der Waals surface area (Å²) >= 11 is 0. The Morgan fingerprint density at radius 1 is 1.06 bits per heavy atom. The summed E-state index contributed by atoms with van der Waals surface area (Å²) in [5.74, 6) is -0.841. The Balaban J connectivity index is 2.08. The third kappa shape index (κ3) is 4.56. The van der Waals surface area contributed by atoms with Gasteiger partial charge in [0.25, 0.3) is 11.7 Å². The molecule has 1 saturated heterocycles. The Bertz CT molecular complexity index is 1010. The first-order valence-electron chi connectivity index (χ1n) is 10.8. The highest BCUT2D eigenvalue weighted by molar-refractivity contribution is 6.46. The van der Waals surface area contributed by atoms with E-state index in [1.54, 1.807) is 36.4 Å². The maximum atomic E-state index is 13.0. The predicted molar refractivity (Wildman–Crippen MR) is 121 cm³/mol. The van der Waals surface area contributed by atoms with Gasteiger partial charge in [-0.25, -0.2) is 0 Å². The average molecular weight is 440 g/mol. The fourth-order valence-electron chi connectivity index (χ4n) is 3.75. The highest BCUT2D eigenvalue weighted by Crippen LogP contribution is 2.41. The predicted octanol–water partition coefficient (Wildman–Crippen LogP) is 4.41. The van der Waals surface area contributed by atoms with Crippen LogP contribution >= 0.6 is 0 Å². The monoisotopic (exact) mass is 439 g/mol. The lowest BCUT2D eigenvalue weighted by molar-refractivity contribution is -0.139. The van der Waals surface area contributed by atoms with Gasteiger partial charge in [-0.3, -0.25) is 9.59 Å². The molecule has 32 heavy (non-hydrogen) atoms. The summed E-state index contributed by atoms with van der Waals surface area (Å²) in [6, 6.07) is 10.6. The van der Waals surface area contributed by atoms with E-state index in [1.165, 1.54) is 18.1 Å². The molecule has 7 nitrogen and oxygen atoms in total. The molecule has 1 aliphatic heterocycles. The molecule has 1 amide bonds. The van der Waals surface area contributed by atoms with E-state index in [1.807, 2.05) is 13.8 Å². The van der Waals surface area contributed by atoms with E-state index in [0.29, 0.717) is 36.4 Å². The summed E-state index contributed by atoms with van der Waals surface area (Å²) in [5.41, 5.74) is 0.922. The number of aliphatic hydroxyl groups excluding tert-OH is 1. The lowest BCUT2D eigenvalue weighted by atomic mass is 9.95. The smallest absolute Gasteiger partial charge is 0.295 e. The zero-order chi connectivity index (χ0) is 23.3. The van der Waals surface area contributed by atoms with E-state index in [9.17, 15) is 19.8 Å². The fourth-order valence-corrected chi connectivity index (χ4v) is 3.75. The number of likely N-dealkylation sites (tertiary alicyclic amines) is 1. The van der Waals surface area contributed by atoms with Crippen LogP contribution in [0, 0.1) is 0 Å². The minimum Gasteiger partial charge on any atom is -0.507 e. The second kappa shape index (κ2) is 10.2. The van der Waals surface area contributed by atoms with Crippen molar-refractivity contribution in [2.24, 2.45) is 0 Å². The van der Waals surface area contributed by atoms with Crippen molar-refractivity contribution >= 4 is 17.4 Å². The van der Waals surface area contributed by atoms with E-state index in [2.05, 4.69) is 0 Å². The molecule has 0 radical (unpaired) electrons. The molecule has 1 unspecified atom stereocenters. The summed E-state index contributed by atoms with van der Waals surface area (Å²) in [4.78, 5) is 27.3. The zero-order valence-corrected chi connectivity index (χ0v) is 18.6. The van der Waals surface area contributed by atoms with Crippen LogP contribution in [-0.4, -0.2) is 47.1 Å². The molecule has 0 bridgehead atoms. The van der Waals surface area contributed by atoms with Crippen LogP contribution in [0.5, 0.6) is 17.2 Å². The Morgan fingerprint density at radius 3 is 2.38 bits per heavy atom. The van der Waals surface area contributed by atoms with Gasteiger partial charge in [-0.1, -0.05) is 26.3 Å². The molecule has 1 heterocycles. The molecule has 2 aromatic rings. The largest absolute Gasteiger partial charge is 0.507 e. The Morgan fingerprint density at radius 2 is 1.78 bits per heavy atom. The van der Waals surface area contributed by atoms with Crippen molar-refractivity contribution in [2.75, 3.05) is 20.3 Å². The number of hydrogen-bond acceptors (Lipinski definition) is 6. The van der Waals surface area contributed by atoms with Gasteiger partial charge in [-0.05, 0) is 54.8 Å². The number of Topliss-reactive ketones (excluding diaryl/α,β-unsaturated/α-hetero) is 1. The number of rotatable bonds is 9. The number of phenols is 1. The number of aliphatic hydroxyl groups is 1. The Labute approximate surface area is 187 Å². The van der Waals surface area contributed by atoms with Gasteiger partial charge in [-0.2, -0.15) is 0 Å². The number of benzene rings is 2. The third-order valence-electron chi connectivity index (χ3n) is 5.41. The SMILES string of the molecule is CCCCN1C(=O)C(=O)/C(=C(\O)c2ccc(OCCC)cc2)C1c1ccc(OC)c(O)c1. The van der Waals surface area contributed by atoms with E-state index in [-0.39, 0.29) is 22.8 Å². The first-order chi connectivity index (χ1) is 15.4. The number of phenolic OH excluding ortho intramolecular Hbond substituents is 1. The van der Waals surface area contributed by atoms with Gasteiger partial charge in [0.15, 0.2) is 11.5 Å². The summed E-state index contributed by atoms with van der Waals surface area (Å²) in [5, 5.41) is 21.4. The molecular weight excluding hydrogens is 410 g/mol. The Hall–Kier alpha value is -3.48. The topological polar surface area (TPSA) is 96.3 Å². The fraction of sp³-hybridized carbons (Fsp3) is 0.360. The van der Waals surface area contributed by atoms with Crippen LogP contribution in [0.1, 0.15) is 50.3 Å². The van der Waals surface area contributed by atoms with E-state index in [0.717, 1.165) is 12.8 Å². The van der Waals surface area contributed by atoms with Crippen molar-refractivity contribution in [3.05, 3.63) is 59.2 Å². The number of ketones is 1. The number of hydrogen-bond donors (Lipinski definition) is 2. The van der Waals surface area contributed by atoms with Crippen LogP contribution in [-0.2, 0) is 9.59 Å². The van der Waals surface area contributed by atoms with Crippen molar-refractivity contribution in [3.8, 4) is 17.2 Å². The second-order valence-corrected chi connectivity index (χ2v) is 7.65. The van der Waals surface area contributed by atoms with Crippen LogP contribution < -0.4 is 9.47 Å². The molecular formula is C25H29NO6. The molecule has 1 atom stereocenters. The highest BCUT2D eigenvalue weighted by Gasteiger charge is 2.45. The molecule has 1 aliphatic rings. The number of methoxy groups -OCH3 is 1. The lowest BCUT2D eigenvalue weighted by Crippen LogP contribution is -2.30. The van der Waals surface area contributed by atoms with E-state index in [4.69, 9.17) is 9.47 Å². The molecule has 0 spiro atoms. The molecule has 0 aliphatic carbocycles. The number of unbranched alkanes of at least 4 members (excludes halogenated alkanes) is 1. The quantitative estimate of drug-likeness (QED) is 0.341. The minimum absolute atomic E-state index is 0.00195. The first-order valence-corrected chi connectivity index (χ1v) is 10.8. The molecule has 0 aromatic heterocycles. The van der Waals surface area contributed by atoms with Crippen LogP contribution in [0.3, 0.4) is 0 Å². The van der Waals surface area contributed by atoms with E-state index >= 15 is 0 Å². The average Bonchev–Trinajstić information content (AvgIpc) is 3.06.